The number of nitrogens with zero attached hydrogens (tertiary/aromatic N) is 1. The molecule has 0 aliphatic heterocycles. The lowest BCUT2D eigenvalue weighted by molar-refractivity contribution is 0.275. The predicted octanol–water partition coefficient (Wildman–Crippen LogP) is 3.63. The summed E-state index contributed by atoms with van der Waals surface area (Å²) in [7, 11) is -1.76. The van der Waals surface area contributed by atoms with Crippen LogP contribution in [0.3, 0.4) is 0 Å². The van der Waals surface area contributed by atoms with Gasteiger partial charge in [0.15, 0.2) is 0 Å². The average Bonchev–Trinajstić information content (AvgIpc) is 2.44. The Morgan fingerprint density at radius 3 is 2.52 bits per heavy atom. The van der Waals surface area contributed by atoms with Crippen molar-refractivity contribution < 1.29 is 8.42 Å². The van der Waals surface area contributed by atoms with E-state index in [9.17, 15) is 8.42 Å². The summed E-state index contributed by atoms with van der Waals surface area (Å²) in [6.45, 7) is 0.591. The van der Waals surface area contributed by atoms with E-state index < -0.39 is 10.0 Å². The van der Waals surface area contributed by atoms with Crippen molar-refractivity contribution in [2.24, 2.45) is 5.92 Å². The van der Waals surface area contributed by atoms with E-state index in [1.807, 2.05) is 30.3 Å². The second kappa shape index (κ2) is 5.71. The molecule has 0 aromatic heterocycles. The van der Waals surface area contributed by atoms with Crippen molar-refractivity contribution in [2.45, 2.75) is 22.6 Å². The predicted molar refractivity (Wildman–Crippen MR) is 89.2 cm³/mol. The normalized spacial score (nSPS) is 22.4. The fourth-order valence-corrected chi connectivity index (χ4v) is 5.37. The molecule has 0 saturated heterocycles. The summed E-state index contributed by atoms with van der Waals surface area (Å²) in [5, 5.41) is 1.75. The van der Waals surface area contributed by atoms with Gasteiger partial charge < -0.3 is 0 Å². The van der Waals surface area contributed by atoms with Crippen molar-refractivity contribution in [1.82, 2.24) is 4.31 Å². The lowest BCUT2D eigenvalue weighted by Crippen LogP contribution is -2.37. The lowest BCUT2D eigenvalue weighted by atomic mass is 9.85. The molecule has 5 heteroatoms. The van der Waals surface area contributed by atoms with Crippen LogP contribution in [0.4, 0.5) is 0 Å². The number of rotatable bonds is 4. The zero-order chi connectivity index (χ0) is 15.0. The van der Waals surface area contributed by atoms with Gasteiger partial charge in [-0.05, 0) is 30.2 Å². The van der Waals surface area contributed by atoms with Crippen LogP contribution in [0.25, 0.3) is 10.8 Å². The average molecular weight is 368 g/mol. The Bertz CT molecular complexity index is 748. The largest absolute Gasteiger partial charge is 0.243 e. The summed E-state index contributed by atoms with van der Waals surface area (Å²) in [6.07, 6.45) is 2.10. The molecule has 0 heterocycles. The molecule has 2 aromatic rings. The van der Waals surface area contributed by atoms with Gasteiger partial charge >= 0.3 is 0 Å². The highest BCUT2D eigenvalue weighted by Gasteiger charge is 2.31. The first-order chi connectivity index (χ1) is 9.98. The molecular formula is C16H18BrNO2S. The Kier molecular flexibility index (Phi) is 4.08. The fraction of sp³-hybridized carbons (Fsp3) is 0.375. The smallest absolute Gasteiger partial charge is 0.207 e. The quantitative estimate of drug-likeness (QED) is 0.773. The second-order valence-corrected chi connectivity index (χ2v) is 9.01. The second-order valence-electron chi connectivity index (χ2n) is 5.70. The summed E-state index contributed by atoms with van der Waals surface area (Å²) >= 11 is 3.55. The van der Waals surface area contributed by atoms with Crippen LogP contribution in [0.5, 0.6) is 0 Å². The van der Waals surface area contributed by atoms with E-state index in [0.29, 0.717) is 22.2 Å². The molecule has 0 atom stereocenters. The SMILES string of the molecule is CN(CC1CC(Br)C1)S(=O)(=O)c1cccc2ccccc12. The third-order valence-corrected chi connectivity index (χ3v) is 6.76. The van der Waals surface area contributed by atoms with Crippen molar-refractivity contribution in [1.29, 1.82) is 0 Å². The monoisotopic (exact) mass is 367 g/mol. The van der Waals surface area contributed by atoms with Crippen LogP contribution in [0.15, 0.2) is 47.4 Å². The molecule has 1 aliphatic rings. The van der Waals surface area contributed by atoms with E-state index in [1.54, 1.807) is 19.2 Å². The van der Waals surface area contributed by atoms with E-state index in [2.05, 4.69) is 15.9 Å². The van der Waals surface area contributed by atoms with Crippen LogP contribution in [-0.2, 0) is 10.0 Å². The maximum Gasteiger partial charge on any atom is 0.243 e. The van der Waals surface area contributed by atoms with Crippen LogP contribution >= 0.6 is 15.9 Å². The maximum atomic E-state index is 12.8. The maximum absolute atomic E-state index is 12.8. The molecule has 0 radical (unpaired) electrons. The zero-order valence-electron chi connectivity index (χ0n) is 11.9. The number of halogens is 1. The van der Waals surface area contributed by atoms with Gasteiger partial charge in [0.2, 0.25) is 10.0 Å². The minimum Gasteiger partial charge on any atom is -0.207 e. The van der Waals surface area contributed by atoms with Gasteiger partial charge in [0.05, 0.1) is 4.90 Å². The first-order valence-corrected chi connectivity index (χ1v) is 9.42. The zero-order valence-corrected chi connectivity index (χ0v) is 14.3. The van der Waals surface area contributed by atoms with Crippen molar-refractivity contribution >= 4 is 36.7 Å². The lowest BCUT2D eigenvalue weighted by Gasteiger charge is -2.34. The molecule has 0 unspecified atom stereocenters. The molecule has 2 aromatic carbocycles. The first-order valence-electron chi connectivity index (χ1n) is 7.06. The molecule has 21 heavy (non-hydrogen) atoms. The number of sulfonamides is 1. The molecule has 1 aliphatic carbocycles. The highest BCUT2D eigenvalue weighted by atomic mass is 79.9. The summed E-state index contributed by atoms with van der Waals surface area (Å²) < 4.78 is 27.1. The topological polar surface area (TPSA) is 37.4 Å². The Balaban J connectivity index is 1.92. The number of hydrogen-bond acceptors (Lipinski definition) is 2. The Labute approximate surface area is 134 Å². The molecule has 1 fully saturated rings. The van der Waals surface area contributed by atoms with Gasteiger partial charge in [0, 0.05) is 23.8 Å². The Morgan fingerprint density at radius 1 is 1.14 bits per heavy atom. The minimum atomic E-state index is -3.44. The van der Waals surface area contributed by atoms with Gasteiger partial charge in [-0.15, -0.1) is 0 Å². The van der Waals surface area contributed by atoms with E-state index in [1.165, 1.54) is 4.31 Å². The number of alkyl halides is 1. The van der Waals surface area contributed by atoms with Gasteiger partial charge in [-0.25, -0.2) is 12.7 Å². The summed E-state index contributed by atoms with van der Waals surface area (Å²) in [5.41, 5.74) is 0. The third-order valence-electron chi connectivity index (χ3n) is 4.13. The van der Waals surface area contributed by atoms with Gasteiger partial charge in [-0.3, -0.25) is 0 Å². The minimum absolute atomic E-state index is 0.401. The highest BCUT2D eigenvalue weighted by Crippen LogP contribution is 2.35. The molecular weight excluding hydrogens is 350 g/mol. The number of hydrogen-bond donors (Lipinski definition) is 0. The summed E-state index contributed by atoms with van der Waals surface area (Å²) in [4.78, 5) is 0.953. The Morgan fingerprint density at radius 2 is 1.81 bits per heavy atom. The Hall–Kier alpha value is -0.910. The fourth-order valence-electron chi connectivity index (χ4n) is 2.85. The van der Waals surface area contributed by atoms with Crippen LogP contribution in [0, 0.1) is 5.92 Å². The number of benzene rings is 2. The van der Waals surface area contributed by atoms with Crippen LogP contribution in [0.1, 0.15) is 12.8 Å². The first kappa shape index (κ1) is 15.0. The van der Waals surface area contributed by atoms with Crippen molar-refractivity contribution in [2.75, 3.05) is 13.6 Å². The van der Waals surface area contributed by atoms with Crippen molar-refractivity contribution in [3.05, 3.63) is 42.5 Å². The molecule has 0 spiro atoms. The third kappa shape index (κ3) is 2.87. The highest BCUT2D eigenvalue weighted by molar-refractivity contribution is 9.09. The standard InChI is InChI=1S/C16H18BrNO2S/c1-18(11-12-9-14(17)10-12)21(19,20)16-8-4-6-13-5-2-3-7-15(13)16/h2-8,12,14H,9-11H2,1H3. The van der Waals surface area contributed by atoms with Crippen molar-refractivity contribution in [3.63, 3.8) is 0 Å². The molecule has 3 rings (SSSR count). The van der Waals surface area contributed by atoms with E-state index in [-0.39, 0.29) is 0 Å². The van der Waals surface area contributed by atoms with Gasteiger partial charge in [-0.1, -0.05) is 52.3 Å². The molecule has 1 saturated carbocycles. The van der Waals surface area contributed by atoms with Gasteiger partial charge in [0.1, 0.15) is 0 Å². The summed E-state index contributed by atoms with van der Waals surface area (Å²) in [5.74, 6) is 0.462. The van der Waals surface area contributed by atoms with Crippen LogP contribution in [0.2, 0.25) is 0 Å². The van der Waals surface area contributed by atoms with Gasteiger partial charge in [0.25, 0.3) is 0 Å². The molecule has 0 bridgehead atoms. The molecule has 0 amide bonds. The van der Waals surface area contributed by atoms with Gasteiger partial charge in [-0.2, -0.15) is 0 Å². The molecule has 0 N–H and O–H groups in total. The molecule has 3 nitrogen and oxygen atoms in total. The van der Waals surface area contributed by atoms with E-state index in [4.69, 9.17) is 0 Å². The number of fused-ring (bicyclic) bond motifs is 1. The van der Waals surface area contributed by atoms with Crippen molar-refractivity contribution in [3.8, 4) is 0 Å². The summed E-state index contributed by atoms with van der Waals surface area (Å²) in [6, 6.07) is 13.1. The van der Waals surface area contributed by atoms with E-state index in [0.717, 1.165) is 23.6 Å². The van der Waals surface area contributed by atoms with Crippen LogP contribution < -0.4 is 0 Å². The van der Waals surface area contributed by atoms with E-state index >= 15 is 0 Å². The van der Waals surface area contributed by atoms with Crippen LogP contribution in [-0.4, -0.2) is 31.1 Å². The molecule has 112 valence electrons.